The van der Waals surface area contributed by atoms with Crippen LogP contribution in [0.15, 0.2) is 24.3 Å². The van der Waals surface area contributed by atoms with Gasteiger partial charge in [0.05, 0.1) is 38.6 Å². The number of nitrogens with two attached hydrogens (primary N) is 1. The van der Waals surface area contributed by atoms with Gasteiger partial charge in [-0.1, -0.05) is 65.1 Å². The van der Waals surface area contributed by atoms with Crippen molar-refractivity contribution in [2.45, 2.75) is 81.2 Å². The van der Waals surface area contributed by atoms with Crippen LogP contribution in [-0.4, -0.2) is 129 Å². The van der Waals surface area contributed by atoms with Crippen molar-refractivity contribution in [3.8, 4) is 17.5 Å². The first-order valence-electron chi connectivity index (χ1n) is 16.8. The number of carbonyl (C=O) groups is 3. The van der Waals surface area contributed by atoms with E-state index in [9.17, 15) is 19.5 Å². The third-order valence-electron chi connectivity index (χ3n) is 6.35. The molecule has 19 heteroatoms. The second-order valence-corrected chi connectivity index (χ2v) is 18.0. The second kappa shape index (κ2) is 25.9. The average molecular weight is 806 g/mol. The van der Waals surface area contributed by atoms with Gasteiger partial charge in [-0.3, -0.25) is 9.59 Å². The number of aliphatic hydroxyl groups excluding tert-OH is 1. The molecule has 52 heavy (non-hydrogen) atoms. The van der Waals surface area contributed by atoms with Crippen molar-refractivity contribution in [2.24, 2.45) is 5.73 Å². The minimum Gasteiger partial charge on any atom is -0.490 e. The van der Waals surface area contributed by atoms with E-state index in [1.165, 1.54) is 21.6 Å². The smallest absolute Gasteiger partial charge is 0.490 e. The van der Waals surface area contributed by atoms with E-state index in [1.807, 2.05) is 6.26 Å². The fraction of sp³-hybridized carbons (Fsp3) is 0.667. The van der Waals surface area contributed by atoms with E-state index in [2.05, 4.69) is 43.1 Å². The monoisotopic (exact) mass is 805 g/mol. The van der Waals surface area contributed by atoms with Crippen LogP contribution in [0.25, 0.3) is 0 Å². The Morgan fingerprint density at radius 3 is 2.63 bits per heavy atom. The summed E-state index contributed by atoms with van der Waals surface area (Å²) in [4.78, 5) is 36.5. The van der Waals surface area contributed by atoms with Crippen LogP contribution in [0, 0.1) is 11.7 Å². The van der Waals surface area contributed by atoms with Gasteiger partial charge in [-0.25, -0.2) is 4.79 Å². The Morgan fingerprint density at radius 1 is 1.15 bits per heavy atom. The summed E-state index contributed by atoms with van der Waals surface area (Å²) in [7, 11) is 6.14. The third-order valence-corrected chi connectivity index (χ3v) is 11.5. The van der Waals surface area contributed by atoms with Crippen LogP contribution >= 0.6 is 43.2 Å². The summed E-state index contributed by atoms with van der Waals surface area (Å²) in [5.41, 5.74) is 4.68. The first kappa shape index (κ1) is 46.2. The zero-order chi connectivity index (χ0) is 38.4. The number of hydrogen-bond donors (Lipinski definition) is 4. The molecule has 1 aliphatic heterocycles. The highest BCUT2D eigenvalue weighted by Gasteiger charge is 2.38. The van der Waals surface area contributed by atoms with Crippen LogP contribution < -0.4 is 21.1 Å². The molecule has 1 fully saturated rings. The Bertz CT molecular complexity index is 1290. The first-order chi connectivity index (χ1) is 24.8. The molecule has 1 aromatic carbocycles. The van der Waals surface area contributed by atoms with Gasteiger partial charge < -0.3 is 54.6 Å². The largest absolute Gasteiger partial charge is 0.511 e. The van der Waals surface area contributed by atoms with Gasteiger partial charge in [0.1, 0.15) is 30.5 Å². The molecule has 0 saturated carbocycles. The molecule has 0 radical (unpaired) electrons. The molecule has 1 saturated heterocycles. The molecule has 0 aromatic heterocycles. The Hall–Kier alpha value is -1.99. The zero-order valence-electron chi connectivity index (χ0n) is 30.6. The van der Waals surface area contributed by atoms with E-state index in [0.29, 0.717) is 38.1 Å². The van der Waals surface area contributed by atoms with Crippen LogP contribution in [-0.2, 0) is 33.2 Å². The molecule has 1 heterocycles. The summed E-state index contributed by atoms with van der Waals surface area (Å²) < 4.78 is 39.5. The molecule has 0 spiro atoms. The van der Waals surface area contributed by atoms with Crippen molar-refractivity contribution < 1.29 is 52.6 Å². The van der Waals surface area contributed by atoms with Gasteiger partial charge in [0.25, 0.3) is 11.5 Å². The van der Waals surface area contributed by atoms with Gasteiger partial charge in [0.2, 0.25) is 13.2 Å². The number of nitrogens with one attached hydrogen (secondary N) is 2. The van der Waals surface area contributed by atoms with Crippen molar-refractivity contribution in [1.82, 2.24) is 10.6 Å². The predicted molar refractivity (Wildman–Crippen MR) is 210 cm³/mol. The molecule has 5 N–H and O–H groups in total. The van der Waals surface area contributed by atoms with E-state index in [-0.39, 0.29) is 73.7 Å². The van der Waals surface area contributed by atoms with E-state index in [4.69, 9.17) is 38.9 Å². The molecule has 0 bridgehead atoms. The molecule has 2 rings (SSSR count). The van der Waals surface area contributed by atoms with E-state index in [1.54, 1.807) is 59.7 Å². The number of benzene rings is 1. The summed E-state index contributed by atoms with van der Waals surface area (Å²) in [5.74, 6) is 5.89. The molecule has 1 aromatic rings. The van der Waals surface area contributed by atoms with Crippen LogP contribution in [0.2, 0.25) is 0 Å². The molecule has 2 amide bonds. The summed E-state index contributed by atoms with van der Waals surface area (Å²) in [6.07, 6.45) is -0.00912. The van der Waals surface area contributed by atoms with E-state index < -0.39 is 24.0 Å². The Labute approximate surface area is 323 Å². The second-order valence-electron chi connectivity index (χ2n) is 12.3. The van der Waals surface area contributed by atoms with Gasteiger partial charge >= 0.3 is 6.16 Å². The molecule has 5 atom stereocenters. The highest BCUT2D eigenvalue weighted by atomic mass is 33.1. The van der Waals surface area contributed by atoms with Crippen molar-refractivity contribution in [2.75, 3.05) is 58.9 Å². The number of aliphatic hydroxyl groups is 1. The van der Waals surface area contributed by atoms with Crippen LogP contribution in [0.4, 0.5) is 4.79 Å². The minimum absolute atomic E-state index is 0.00897. The van der Waals surface area contributed by atoms with Gasteiger partial charge in [0.15, 0.2) is 0 Å². The highest BCUT2D eigenvalue weighted by molar-refractivity contribution is 8.77. The number of hydrogen-bond acceptors (Lipinski definition) is 16. The normalized spacial score (nSPS) is 18.1. The molecular formula is C33H52BN3O11S4. The SMILES string of the molecule is CSS[C@@H](OC(=O)OC(C)C)O[C@@H]1C[C@H](BC#CCNC(=O)COCCOC(COc2cccc(C(=O)NCCN)c2)SSC(C)(C)C)OC1CO. The number of amides is 2. The Morgan fingerprint density at radius 2 is 1.94 bits per heavy atom. The van der Waals surface area contributed by atoms with Crippen molar-refractivity contribution >= 4 is 68.4 Å². The summed E-state index contributed by atoms with van der Waals surface area (Å²) in [6, 6.07) is 6.61. The summed E-state index contributed by atoms with van der Waals surface area (Å²) in [6.45, 7) is 10.9. The maximum Gasteiger partial charge on any atom is 0.511 e. The highest BCUT2D eigenvalue weighted by Crippen LogP contribution is 2.38. The van der Waals surface area contributed by atoms with Crippen LogP contribution in [0.1, 0.15) is 51.4 Å². The lowest BCUT2D eigenvalue weighted by molar-refractivity contribution is -0.126. The number of ether oxygens (including phenoxy) is 7. The molecule has 0 aliphatic carbocycles. The van der Waals surface area contributed by atoms with Gasteiger partial charge in [-0.05, 0) is 55.5 Å². The predicted octanol–water partition coefficient (Wildman–Crippen LogP) is 3.16. The lowest BCUT2D eigenvalue weighted by Gasteiger charge is -2.23. The van der Waals surface area contributed by atoms with E-state index in [0.717, 1.165) is 0 Å². The fourth-order valence-corrected chi connectivity index (χ4v) is 7.53. The van der Waals surface area contributed by atoms with Gasteiger partial charge in [0, 0.05) is 29.4 Å². The average Bonchev–Trinajstić information content (AvgIpc) is 3.48. The lowest BCUT2D eigenvalue weighted by Crippen LogP contribution is -2.32. The molecule has 1 aliphatic rings. The topological polar surface area (TPSA) is 186 Å². The van der Waals surface area contributed by atoms with Crippen LogP contribution in [0.3, 0.4) is 0 Å². The third kappa shape index (κ3) is 20.5. The quantitative estimate of drug-likeness (QED) is 0.0316. The first-order valence-corrected chi connectivity index (χ1v) is 21.6. The number of rotatable bonds is 23. The maximum absolute atomic E-state index is 12.3. The molecule has 292 valence electrons. The number of carbonyl (C=O) groups excluding carboxylic acids is 3. The zero-order valence-corrected chi connectivity index (χ0v) is 33.9. The van der Waals surface area contributed by atoms with Crippen molar-refractivity contribution in [1.29, 1.82) is 0 Å². The molecular weight excluding hydrogens is 753 g/mol. The standard InChI is InChI=1S/C33H52BN3O11S4/c1-22(2)45-31(41)48-32(51-49-6)47-25-18-27(46-26(25)19-38)34-11-8-13-36-28(39)20-42-15-16-43-29(50-52-33(3,4)5)21-44-24-10-7-9-23(17-24)30(40)37-14-12-35/h7,9-10,17,22,25-27,29,32,34,38H,12-16,18-21,35H2,1-6H3,(H,36,39)(H,37,40)/t25-,26?,27-,29?,32-/m1/s1. The Kier molecular flexibility index (Phi) is 23.0. The lowest BCUT2D eigenvalue weighted by atomic mass is 9.71. The van der Waals surface area contributed by atoms with Gasteiger partial charge in [-0.2, -0.15) is 5.82 Å². The van der Waals surface area contributed by atoms with E-state index >= 15 is 0 Å². The van der Waals surface area contributed by atoms with Crippen molar-refractivity contribution in [3.05, 3.63) is 29.8 Å². The van der Waals surface area contributed by atoms with Crippen molar-refractivity contribution in [3.63, 3.8) is 0 Å². The van der Waals surface area contributed by atoms with Crippen LogP contribution in [0.5, 0.6) is 5.75 Å². The minimum atomic E-state index is -0.933. The molecule has 2 unspecified atom stereocenters. The molecule has 14 nitrogen and oxygen atoms in total. The summed E-state index contributed by atoms with van der Waals surface area (Å²) >= 11 is 0. The van der Waals surface area contributed by atoms with Gasteiger partial charge in [-0.15, -0.1) is 0 Å². The maximum atomic E-state index is 12.3. The Balaban J connectivity index is 1.71. The summed E-state index contributed by atoms with van der Waals surface area (Å²) in [5, 5.41) is 15.2. The fourth-order valence-electron chi connectivity index (χ4n) is 4.15.